The largest absolute Gasteiger partial charge is 0.379 e. The van der Waals surface area contributed by atoms with Gasteiger partial charge in [0.1, 0.15) is 0 Å². The molecule has 8 heteroatoms. The van der Waals surface area contributed by atoms with E-state index in [4.69, 9.17) is 4.74 Å². The van der Waals surface area contributed by atoms with Crippen LogP contribution in [0.4, 0.5) is 5.69 Å². The smallest absolute Gasteiger partial charge is 0.255 e. The zero-order valence-corrected chi connectivity index (χ0v) is 18.3. The van der Waals surface area contributed by atoms with Crippen molar-refractivity contribution in [2.24, 2.45) is 0 Å². The Labute approximate surface area is 174 Å². The van der Waals surface area contributed by atoms with E-state index < -0.39 is 10.0 Å². The van der Waals surface area contributed by atoms with Crippen molar-refractivity contribution >= 4 is 37.5 Å². The van der Waals surface area contributed by atoms with E-state index in [9.17, 15) is 13.2 Å². The summed E-state index contributed by atoms with van der Waals surface area (Å²) in [5.74, 6) is -0.345. The molecule has 1 fully saturated rings. The number of anilines is 1. The van der Waals surface area contributed by atoms with Gasteiger partial charge >= 0.3 is 0 Å². The molecule has 150 valence electrons. The average Bonchev–Trinajstić information content (AvgIpc) is 2.71. The van der Waals surface area contributed by atoms with Gasteiger partial charge in [-0.25, -0.2) is 8.42 Å². The summed E-state index contributed by atoms with van der Waals surface area (Å²) in [6.07, 6.45) is 0.562. The van der Waals surface area contributed by atoms with Crippen LogP contribution in [0.25, 0.3) is 0 Å². The molecule has 1 heterocycles. The Kier molecular flexibility index (Phi) is 6.54. The summed E-state index contributed by atoms with van der Waals surface area (Å²) in [6.45, 7) is 5.23. The number of nitrogens with one attached hydrogen (secondary N) is 1. The predicted molar refractivity (Wildman–Crippen MR) is 112 cm³/mol. The van der Waals surface area contributed by atoms with Crippen LogP contribution in [0.5, 0.6) is 0 Å². The molecule has 1 aliphatic rings. The molecule has 1 amide bonds. The highest BCUT2D eigenvalue weighted by molar-refractivity contribution is 9.10. The van der Waals surface area contributed by atoms with E-state index in [1.165, 1.54) is 10.4 Å². The van der Waals surface area contributed by atoms with E-state index in [2.05, 4.69) is 21.2 Å². The lowest BCUT2D eigenvalue weighted by molar-refractivity contribution is 0.0730. The van der Waals surface area contributed by atoms with E-state index in [0.29, 0.717) is 49.5 Å². The standard InChI is InChI=1S/C20H23BrN2O4S/c1-3-15-4-5-16(20(24)22-17-6-7-18(21)14(2)12-17)13-19(15)28(25,26)23-8-10-27-11-9-23/h4-7,12-13H,3,8-11H2,1-2H3,(H,22,24). The summed E-state index contributed by atoms with van der Waals surface area (Å²) in [5, 5.41) is 2.83. The number of morpholine rings is 1. The molecule has 0 radical (unpaired) electrons. The number of carbonyl (C=O) groups excluding carboxylic acids is 1. The van der Waals surface area contributed by atoms with Crippen LogP contribution in [0.2, 0.25) is 0 Å². The van der Waals surface area contributed by atoms with Gasteiger partial charge in [0.05, 0.1) is 18.1 Å². The summed E-state index contributed by atoms with van der Waals surface area (Å²) in [6, 6.07) is 10.4. The Morgan fingerprint density at radius 3 is 2.54 bits per heavy atom. The van der Waals surface area contributed by atoms with Gasteiger partial charge in [-0.15, -0.1) is 0 Å². The molecule has 1 N–H and O–H groups in total. The van der Waals surface area contributed by atoms with Crippen molar-refractivity contribution in [3.8, 4) is 0 Å². The number of halogens is 1. The van der Waals surface area contributed by atoms with Gasteiger partial charge in [0.25, 0.3) is 5.91 Å². The molecule has 1 aliphatic heterocycles. The third kappa shape index (κ3) is 4.46. The molecule has 0 bridgehead atoms. The van der Waals surface area contributed by atoms with Gasteiger partial charge in [-0.05, 0) is 54.8 Å². The van der Waals surface area contributed by atoms with Crippen molar-refractivity contribution in [2.45, 2.75) is 25.2 Å². The van der Waals surface area contributed by atoms with Crippen LogP contribution in [-0.2, 0) is 21.2 Å². The quantitative estimate of drug-likeness (QED) is 0.730. The monoisotopic (exact) mass is 466 g/mol. The van der Waals surface area contributed by atoms with Crippen molar-refractivity contribution < 1.29 is 17.9 Å². The minimum Gasteiger partial charge on any atom is -0.379 e. The lowest BCUT2D eigenvalue weighted by atomic mass is 10.1. The zero-order chi connectivity index (χ0) is 20.3. The Hall–Kier alpha value is -1.74. The van der Waals surface area contributed by atoms with E-state index in [-0.39, 0.29) is 10.8 Å². The van der Waals surface area contributed by atoms with E-state index in [1.54, 1.807) is 18.2 Å². The second-order valence-corrected chi connectivity index (χ2v) is 9.37. The fraction of sp³-hybridized carbons (Fsp3) is 0.350. The molecule has 2 aromatic rings. The summed E-state index contributed by atoms with van der Waals surface area (Å²) in [5.41, 5.74) is 2.66. The van der Waals surface area contributed by atoms with Gasteiger partial charge in [0.2, 0.25) is 10.0 Å². The maximum absolute atomic E-state index is 13.1. The summed E-state index contributed by atoms with van der Waals surface area (Å²) < 4.78 is 33.9. The number of hydrogen-bond donors (Lipinski definition) is 1. The molecule has 3 rings (SSSR count). The fourth-order valence-electron chi connectivity index (χ4n) is 3.08. The van der Waals surface area contributed by atoms with Crippen molar-refractivity contribution in [2.75, 3.05) is 31.6 Å². The summed E-state index contributed by atoms with van der Waals surface area (Å²) in [7, 11) is -3.68. The molecule has 0 aromatic heterocycles. The molecule has 2 aromatic carbocycles. The number of amides is 1. The van der Waals surface area contributed by atoms with Crippen molar-refractivity contribution in [3.63, 3.8) is 0 Å². The van der Waals surface area contributed by atoms with Crippen molar-refractivity contribution in [3.05, 3.63) is 57.6 Å². The number of ether oxygens (including phenoxy) is 1. The molecular formula is C20H23BrN2O4S. The lowest BCUT2D eigenvalue weighted by Crippen LogP contribution is -2.41. The first-order valence-electron chi connectivity index (χ1n) is 9.11. The number of hydrogen-bond acceptors (Lipinski definition) is 4. The molecule has 0 saturated carbocycles. The molecule has 0 atom stereocenters. The Morgan fingerprint density at radius 2 is 1.89 bits per heavy atom. The predicted octanol–water partition coefficient (Wildman–Crippen LogP) is 3.59. The normalized spacial score (nSPS) is 15.4. The van der Waals surface area contributed by atoms with Crippen LogP contribution in [0.3, 0.4) is 0 Å². The number of benzene rings is 2. The Balaban J connectivity index is 1.91. The minimum atomic E-state index is -3.68. The van der Waals surface area contributed by atoms with Crippen LogP contribution < -0.4 is 5.32 Å². The zero-order valence-electron chi connectivity index (χ0n) is 15.9. The summed E-state index contributed by atoms with van der Waals surface area (Å²) >= 11 is 3.43. The molecule has 28 heavy (non-hydrogen) atoms. The number of aryl methyl sites for hydroxylation is 2. The van der Waals surface area contributed by atoms with Gasteiger partial charge in [0.15, 0.2) is 0 Å². The number of carbonyl (C=O) groups is 1. The first kappa shape index (κ1) is 21.0. The molecular weight excluding hydrogens is 444 g/mol. The second kappa shape index (κ2) is 8.73. The van der Waals surface area contributed by atoms with Gasteiger partial charge in [-0.3, -0.25) is 4.79 Å². The van der Waals surface area contributed by atoms with Crippen molar-refractivity contribution in [1.29, 1.82) is 0 Å². The van der Waals surface area contributed by atoms with Crippen molar-refractivity contribution in [1.82, 2.24) is 4.31 Å². The highest BCUT2D eigenvalue weighted by atomic mass is 79.9. The molecule has 0 spiro atoms. The van der Waals surface area contributed by atoms with Gasteiger partial charge in [-0.1, -0.05) is 28.9 Å². The third-order valence-electron chi connectivity index (χ3n) is 4.71. The Bertz CT molecular complexity index is 986. The maximum Gasteiger partial charge on any atom is 0.255 e. The minimum absolute atomic E-state index is 0.191. The second-order valence-electron chi connectivity index (χ2n) is 6.61. The molecule has 0 unspecified atom stereocenters. The van der Waals surface area contributed by atoms with Gasteiger partial charge in [-0.2, -0.15) is 4.31 Å². The highest BCUT2D eigenvalue weighted by Crippen LogP contribution is 2.25. The van der Waals surface area contributed by atoms with Gasteiger partial charge < -0.3 is 10.1 Å². The van der Waals surface area contributed by atoms with Crippen LogP contribution in [-0.4, -0.2) is 44.9 Å². The topological polar surface area (TPSA) is 75.7 Å². The van der Waals surface area contributed by atoms with Gasteiger partial charge in [0, 0.05) is 28.8 Å². The van der Waals surface area contributed by atoms with E-state index >= 15 is 0 Å². The SMILES string of the molecule is CCc1ccc(C(=O)Nc2ccc(Br)c(C)c2)cc1S(=O)(=O)N1CCOCC1. The Morgan fingerprint density at radius 1 is 1.18 bits per heavy atom. The first-order chi connectivity index (χ1) is 13.3. The average molecular weight is 467 g/mol. The summed E-state index contributed by atoms with van der Waals surface area (Å²) in [4.78, 5) is 12.9. The first-order valence-corrected chi connectivity index (χ1v) is 11.3. The van der Waals surface area contributed by atoms with Crippen LogP contribution in [0.1, 0.15) is 28.4 Å². The van der Waals surface area contributed by atoms with Crippen LogP contribution in [0, 0.1) is 6.92 Å². The number of rotatable bonds is 5. The number of sulfonamides is 1. The van der Waals surface area contributed by atoms with Crippen LogP contribution in [0.15, 0.2) is 45.8 Å². The van der Waals surface area contributed by atoms with Crippen LogP contribution >= 0.6 is 15.9 Å². The molecule has 0 aliphatic carbocycles. The van der Waals surface area contributed by atoms with E-state index in [1.807, 2.05) is 26.0 Å². The maximum atomic E-state index is 13.1. The highest BCUT2D eigenvalue weighted by Gasteiger charge is 2.29. The fourth-order valence-corrected chi connectivity index (χ4v) is 5.05. The molecule has 6 nitrogen and oxygen atoms in total. The lowest BCUT2D eigenvalue weighted by Gasteiger charge is -2.27. The molecule has 1 saturated heterocycles. The number of nitrogens with zero attached hydrogens (tertiary/aromatic N) is 1. The third-order valence-corrected chi connectivity index (χ3v) is 7.58. The van der Waals surface area contributed by atoms with E-state index in [0.717, 1.165) is 10.0 Å².